The number of rotatable bonds is 6. The number of fused-ring (bicyclic) bond motifs is 13. The van der Waals surface area contributed by atoms with E-state index < -0.39 is 5.41 Å². The highest BCUT2D eigenvalue weighted by Crippen LogP contribution is 2.67. The van der Waals surface area contributed by atoms with Crippen molar-refractivity contribution in [2.24, 2.45) is 0 Å². The highest BCUT2D eigenvalue weighted by atomic mass is 16.6. The van der Waals surface area contributed by atoms with Gasteiger partial charge < -0.3 is 14.4 Å². The number of anilines is 3. The Balaban J connectivity index is 1.00. The van der Waals surface area contributed by atoms with Crippen LogP contribution < -0.4 is 14.4 Å². The summed E-state index contributed by atoms with van der Waals surface area (Å²) in [5, 5.41) is 0. The van der Waals surface area contributed by atoms with Crippen LogP contribution in [0.2, 0.25) is 0 Å². The average molecular weight is 818 g/mol. The van der Waals surface area contributed by atoms with Gasteiger partial charge in [0.1, 0.15) is 0 Å². The molecule has 10 aromatic rings. The van der Waals surface area contributed by atoms with Crippen LogP contribution in [0.3, 0.4) is 0 Å². The van der Waals surface area contributed by atoms with Crippen LogP contribution in [0.4, 0.5) is 17.1 Å². The Morgan fingerprint density at radius 1 is 0.281 bits per heavy atom. The minimum atomic E-state index is -0.582. The Labute approximate surface area is 372 Å². The van der Waals surface area contributed by atoms with Crippen LogP contribution in [-0.2, 0) is 5.41 Å². The topological polar surface area (TPSA) is 21.7 Å². The van der Waals surface area contributed by atoms with E-state index in [1.54, 1.807) is 0 Å². The summed E-state index contributed by atoms with van der Waals surface area (Å²) in [6, 6.07) is 84.7. The van der Waals surface area contributed by atoms with E-state index in [1.807, 2.05) is 0 Å². The first-order chi connectivity index (χ1) is 31.7. The molecule has 0 saturated heterocycles. The molecule has 0 atom stereocenters. The third-order valence-electron chi connectivity index (χ3n) is 13.3. The summed E-state index contributed by atoms with van der Waals surface area (Å²) in [5.74, 6) is 2.80. The maximum absolute atomic E-state index is 7.34. The van der Waals surface area contributed by atoms with Crippen LogP contribution in [0.25, 0.3) is 55.6 Å². The first kappa shape index (κ1) is 36.3. The second-order valence-electron chi connectivity index (χ2n) is 16.8. The molecule has 0 amide bonds. The fourth-order valence-corrected chi connectivity index (χ4v) is 10.6. The van der Waals surface area contributed by atoms with Gasteiger partial charge in [0, 0.05) is 23.0 Å². The van der Waals surface area contributed by atoms with Gasteiger partial charge in [0.25, 0.3) is 0 Å². The fourth-order valence-electron chi connectivity index (χ4n) is 10.6. The summed E-state index contributed by atoms with van der Waals surface area (Å²) in [5.41, 5.74) is 19.1. The largest absolute Gasteiger partial charge is 0.449 e. The van der Waals surface area contributed by atoms with E-state index >= 15 is 0 Å². The Morgan fingerprint density at radius 2 is 0.766 bits per heavy atom. The SMILES string of the molecule is c1ccc(-c2cccc(N(c3ccc4c(c3)Oc3c(ccc5c3C3(c6ccccc6-c6ccccc63)c3ccccc3-5)O4)c3ccc(-c4ccccc4)c(-c4ccccc4)c3)c2)cc1. The van der Waals surface area contributed by atoms with Crippen molar-refractivity contribution < 1.29 is 9.47 Å². The van der Waals surface area contributed by atoms with E-state index in [1.165, 1.54) is 44.5 Å². The molecular formula is C61H39NO2. The molecule has 3 nitrogen and oxygen atoms in total. The Hall–Kier alpha value is -8.40. The molecule has 3 aliphatic rings. The number of ether oxygens (including phenoxy) is 2. The molecular weight excluding hydrogens is 779 g/mol. The second kappa shape index (κ2) is 14.3. The van der Waals surface area contributed by atoms with Crippen molar-refractivity contribution in [3.05, 3.63) is 259 Å². The van der Waals surface area contributed by atoms with Gasteiger partial charge in [0.15, 0.2) is 23.0 Å². The second-order valence-corrected chi connectivity index (χ2v) is 16.8. The molecule has 10 aromatic carbocycles. The van der Waals surface area contributed by atoms with Crippen molar-refractivity contribution >= 4 is 17.1 Å². The lowest BCUT2D eigenvalue weighted by molar-refractivity contribution is 0.355. The zero-order chi connectivity index (χ0) is 42.2. The Morgan fingerprint density at radius 3 is 1.42 bits per heavy atom. The molecule has 0 unspecified atom stereocenters. The monoisotopic (exact) mass is 817 g/mol. The smallest absolute Gasteiger partial charge is 0.175 e. The van der Waals surface area contributed by atoms with E-state index in [4.69, 9.17) is 9.47 Å². The standard InChI is InChI=1S/C61H39NO2/c1-4-17-40(18-5-1)43-23-16-24-44(37-43)62(45-31-33-47(41-19-6-2-7-20-41)52(38-45)42-21-8-3-9-22-42)46-32-35-56-58(39-46)64-60-57(63-56)36-34-51-50-27-12-15-30-55(50)61(59(51)60)53-28-13-10-25-48(53)49-26-11-14-29-54(49)61/h1-39H. The van der Waals surface area contributed by atoms with Crippen LogP contribution >= 0.6 is 0 Å². The molecule has 0 saturated carbocycles. The third kappa shape index (κ3) is 5.41. The van der Waals surface area contributed by atoms with E-state index in [0.29, 0.717) is 17.2 Å². The van der Waals surface area contributed by atoms with Gasteiger partial charge in [-0.1, -0.05) is 188 Å². The van der Waals surface area contributed by atoms with Gasteiger partial charge in [-0.25, -0.2) is 0 Å². The summed E-state index contributed by atoms with van der Waals surface area (Å²) in [6.07, 6.45) is 0. The zero-order valence-corrected chi connectivity index (χ0v) is 34.8. The van der Waals surface area contributed by atoms with Gasteiger partial charge in [-0.3, -0.25) is 0 Å². The number of benzene rings is 10. The molecule has 0 fully saturated rings. The van der Waals surface area contributed by atoms with E-state index in [0.717, 1.165) is 56.2 Å². The number of hydrogen-bond acceptors (Lipinski definition) is 3. The van der Waals surface area contributed by atoms with Crippen LogP contribution in [0, 0.1) is 0 Å². The van der Waals surface area contributed by atoms with Gasteiger partial charge in [-0.15, -0.1) is 0 Å². The first-order valence-electron chi connectivity index (χ1n) is 21.9. The molecule has 300 valence electrons. The van der Waals surface area contributed by atoms with Gasteiger partial charge >= 0.3 is 0 Å². The molecule has 3 heteroatoms. The maximum atomic E-state index is 7.34. The molecule has 13 rings (SSSR count). The molecule has 1 aliphatic heterocycles. The lowest BCUT2D eigenvalue weighted by Crippen LogP contribution is -2.26. The highest BCUT2D eigenvalue weighted by molar-refractivity contribution is 5.97. The van der Waals surface area contributed by atoms with Gasteiger partial charge in [-0.2, -0.15) is 0 Å². The van der Waals surface area contributed by atoms with E-state index in [9.17, 15) is 0 Å². The van der Waals surface area contributed by atoms with Crippen LogP contribution in [0.5, 0.6) is 23.0 Å². The normalized spacial score (nSPS) is 13.1. The summed E-state index contributed by atoms with van der Waals surface area (Å²) in [4.78, 5) is 2.34. The summed E-state index contributed by atoms with van der Waals surface area (Å²) in [7, 11) is 0. The third-order valence-corrected chi connectivity index (χ3v) is 13.3. The molecule has 0 radical (unpaired) electrons. The highest BCUT2D eigenvalue weighted by Gasteiger charge is 2.54. The lowest BCUT2D eigenvalue weighted by Gasteiger charge is -2.34. The molecule has 64 heavy (non-hydrogen) atoms. The van der Waals surface area contributed by atoms with E-state index in [-0.39, 0.29) is 0 Å². The average Bonchev–Trinajstić information content (AvgIpc) is 3.84. The fraction of sp³-hybridized carbons (Fsp3) is 0.0164. The molecule has 0 aromatic heterocycles. The first-order valence-corrected chi connectivity index (χ1v) is 21.9. The van der Waals surface area contributed by atoms with Crippen LogP contribution in [0.15, 0.2) is 237 Å². The van der Waals surface area contributed by atoms with Crippen molar-refractivity contribution in [3.8, 4) is 78.6 Å². The molecule has 2 aliphatic carbocycles. The van der Waals surface area contributed by atoms with Crippen LogP contribution in [0.1, 0.15) is 22.3 Å². The van der Waals surface area contributed by atoms with Crippen molar-refractivity contribution in [3.63, 3.8) is 0 Å². The van der Waals surface area contributed by atoms with Gasteiger partial charge in [-0.05, 0) is 115 Å². The van der Waals surface area contributed by atoms with Crippen molar-refractivity contribution in [2.75, 3.05) is 4.90 Å². The van der Waals surface area contributed by atoms with Gasteiger partial charge in [0.05, 0.1) is 11.1 Å². The Kier molecular flexibility index (Phi) is 8.13. The van der Waals surface area contributed by atoms with E-state index in [2.05, 4.69) is 241 Å². The van der Waals surface area contributed by atoms with Crippen LogP contribution in [-0.4, -0.2) is 0 Å². The predicted octanol–water partition coefficient (Wildman–Crippen LogP) is 16.4. The lowest BCUT2D eigenvalue weighted by atomic mass is 9.70. The van der Waals surface area contributed by atoms with Crippen molar-refractivity contribution in [2.45, 2.75) is 5.41 Å². The predicted molar refractivity (Wildman–Crippen MR) is 260 cm³/mol. The summed E-state index contributed by atoms with van der Waals surface area (Å²) in [6.45, 7) is 0. The van der Waals surface area contributed by atoms with Crippen molar-refractivity contribution in [1.82, 2.24) is 0 Å². The maximum Gasteiger partial charge on any atom is 0.175 e. The number of nitrogens with zero attached hydrogens (tertiary/aromatic N) is 1. The molecule has 0 N–H and O–H groups in total. The molecule has 1 spiro atoms. The minimum Gasteiger partial charge on any atom is -0.449 e. The zero-order valence-electron chi connectivity index (χ0n) is 34.8. The van der Waals surface area contributed by atoms with Gasteiger partial charge in [0.2, 0.25) is 0 Å². The Bertz CT molecular complexity index is 3390. The van der Waals surface area contributed by atoms with Crippen molar-refractivity contribution in [1.29, 1.82) is 0 Å². The molecule has 0 bridgehead atoms. The quantitative estimate of drug-likeness (QED) is 0.167. The molecule has 1 heterocycles. The summed E-state index contributed by atoms with van der Waals surface area (Å²) < 4.78 is 14.2. The minimum absolute atomic E-state index is 0.582. The summed E-state index contributed by atoms with van der Waals surface area (Å²) >= 11 is 0. The number of hydrogen-bond donors (Lipinski definition) is 0.